The van der Waals surface area contributed by atoms with Gasteiger partial charge in [-0.15, -0.1) is 0 Å². The van der Waals surface area contributed by atoms with Crippen LogP contribution in [-0.4, -0.2) is 51.5 Å². The van der Waals surface area contributed by atoms with Gasteiger partial charge in [0, 0.05) is 12.1 Å². The number of ether oxygens (including phenoxy) is 2. The van der Waals surface area contributed by atoms with Gasteiger partial charge in [0.05, 0.1) is 13.2 Å². The number of hydrogen-bond donors (Lipinski definition) is 1. The molecule has 0 spiro atoms. The van der Waals surface area contributed by atoms with Crippen LogP contribution in [0.3, 0.4) is 0 Å². The Morgan fingerprint density at radius 1 is 1.15 bits per heavy atom. The molecule has 1 N–H and O–H groups in total. The highest BCUT2D eigenvalue weighted by atomic mass is 16.5. The molecule has 6 nitrogen and oxygen atoms in total. The van der Waals surface area contributed by atoms with E-state index < -0.39 is 0 Å². The molecule has 138 valence electrons. The van der Waals surface area contributed by atoms with Crippen molar-refractivity contribution < 1.29 is 19.1 Å². The van der Waals surface area contributed by atoms with E-state index in [1.54, 1.807) is 31.4 Å². The Hall–Kier alpha value is -2.86. The lowest BCUT2D eigenvalue weighted by atomic mass is 10.1. The number of carbonyl (C=O) groups is 2. The summed E-state index contributed by atoms with van der Waals surface area (Å²) in [6, 6.07) is 14.4. The van der Waals surface area contributed by atoms with Crippen LogP contribution in [0.2, 0.25) is 0 Å². The Kier molecular flexibility index (Phi) is 7.17. The fourth-order valence-electron chi connectivity index (χ4n) is 2.50. The highest BCUT2D eigenvalue weighted by Crippen LogP contribution is 2.22. The third kappa shape index (κ3) is 5.60. The minimum atomic E-state index is -0.209. The van der Waals surface area contributed by atoms with Crippen LogP contribution in [0.1, 0.15) is 22.0 Å². The predicted octanol–water partition coefficient (Wildman–Crippen LogP) is 2.31. The van der Waals surface area contributed by atoms with E-state index in [0.717, 1.165) is 17.6 Å². The van der Waals surface area contributed by atoms with Crippen LogP contribution in [0, 0.1) is 0 Å². The number of methoxy groups -OCH3 is 1. The van der Waals surface area contributed by atoms with Crippen molar-refractivity contribution in [3.8, 4) is 11.5 Å². The van der Waals surface area contributed by atoms with Gasteiger partial charge in [-0.1, -0.05) is 12.1 Å². The molecular weight excluding hydrogens is 332 g/mol. The summed E-state index contributed by atoms with van der Waals surface area (Å²) >= 11 is 0. The number of carbonyl (C=O) groups excluding carboxylic acids is 2. The molecule has 0 radical (unpaired) electrons. The fraction of sp³-hybridized carbons (Fsp3) is 0.300. The zero-order valence-corrected chi connectivity index (χ0v) is 15.3. The lowest BCUT2D eigenvalue weighted by Gasteiger charge is -2.25. The third-order valence-electron chi connectivity index (χ3n) is 3.98. The van der Waals surface area contributed by atoms with Gasteiger partial charge >= 0.3 is 0 Å². The lowest BCUT2D eigenvalue weighted by Crippen LogP contribution is -2.36. The molecule has 26 heavy (non-hydrogen) atoms. The second-order valence-electron chi connectivity index (χ2n) is 6.04. The zero-order valence-electron chi connectivity index (χ0n) is 15.3. The number of hydrogen-bond acceptors (Lipinski definition) is 5. The van der Waals surface area contributed by atoms with E-state index in [2.05, 4.69) is 5.32 Å². The molecule has 0 fully saturated rings. The topological polar surface area (TPSA) is 67.9 Å². The van der Waals surface area contributed by atoms with Gasteiger partial charge in [0.15, 0.2) is 6.61 Å². The number of nitrogens with zero attached hydrogens (tertiary/aromatic N) is 1. The Balaban J connectivity index is 1.89. The predicted molar refractivity (Wildman–Crippen MR) is 99.8 cm³/mol. The van der Waals surface area contributed by atoms with Crippen LogP contribution >= 0.6 is 0 Å². The van der Waals surface area contributed by atoms with Gasteiger partial charge in [-0.25, -0.2) is 0 Å². The number of amides is 1. The molecule has 1 amide bonds. The van der Waals surface area contributed by atoms with Crippen LogP contribution in [-0.2, 0) is 4.79 Å². The number of likely N-dealkylation sites (N-methyl/N-ethyl adjacent to an activating group) is 1. The van der Waals surface area contributed by atoms with E-state index in [1.807, 2.05) is 43.3 Å². The van der Waals surface area contributed by atoms with Crippen molar-refractivity contribution in [2.75, 3.05) is 34.4 Å². The standard InChI is InChI=1S/C20H24N2O4/c1-22(2)19(16-5-4-6-18(11-16)25-3)12-21-20(24)14-26-17-9-7-15(13-23)8-10-17/h4-11,13,19H,12,14H2,1-3H3,(H,21,24). The molecule has 0 saturated carbocycles. The molecule has 2 rings (SSSR count). The van der Waals surface area contributed by atoms with Gasteiger partial charge in [-0.3, -0.25) is 9.59 Å². The van der Waals surface area contributed by atoms with Gasteiger partial charge in [0.25, 0.3) is 5.91 Å². The third-order valence-corrected chi connectivity index (χ3v) is 3.98. The summed E-state index contributed by atoms with van der Waals surface area (Å²) < 4.78 is 10.7. The van der Waals surface area contributed by atoms with Gasteiger partial charge < -0.3 is 19.7 Å². The Bertz CT molecular complexity index is 729. The first kappa shape index (κ1) is 19.5. The molecule has 0 aliphatic rings. The zero-order chi connectivity index (χ0) is 18.9. The van der Waals surface area contributed by atoms with Gasteiger partial charge in [-0.05, 0) is 56.1 Å². The van der Waals surface area contributed by atoms with Crippen LogP contribution in [0.5, 0.6) is 11.5 Å². The van der Waals surface area contributed by atoms with Gasteiger partial charge in [0.1, 0.15) is 17.8 Å². The molecule has 0 heterocycles. The van der Waals surface area contributed by atoms with E-state index in [1.165, 1.54) is 0 Å². The number of benzene rings is 2. The van der Waals surface area contributed by atoms with Crippen molar-refractivity contribution in [3.63, 3.8) is 0 Å². The summed E-state index contributed by atoms with van der Waals surface area (Å²) in [5.41, 5.74) is 1.62. The van der Waals surface area contributed by atoms with Crippen LogP contribution < -0.4 is 14.8 Å². The van der Waals surface area contributed by atoms with Crippen LogP contribution in [0.4, 0.5) is 0 Å². The molecule has 6 heteroatoms. The largest absolute Gasteiger partial charge is 0.497 e. The summed E-state index contributed by atoms with van der Waals surface area (Å²) in [4.78, 5) is 24.7. The molecule has 1 atom stereocenters. The maximum atomic E-state index is 12.1. The monoisotopic (exact) mass is 356 g/mol. The molecule has 2 aromatic carbocycles. The van der Waals surface area contributed by atoms with Crippen molar-refractivity contribution in [3.05, 3.63) is 59.7 Å². The van der Waals surface area contributed by atoms with E-state index in [9.17, 15) is 9.59 Å². The Morgan fingerprint density at radius 3 is 2.50 bits per heavy atom. The second-order valence-corrected chi connectivity index (χ2v) is 6.04. The van der Waals surface area contributed by atoms with Crippen molar-refractivity contribution in [1.29, 1.82) is 0 Å². The molecular formula is C20H24N2O4. The number of rotatable bonds is 9. The van der Waals surface area contributed by atoms with Crippen molar-refractivity contribution in [2.45, 2.75) is 6.04 Å². The van der Waals surface area contributed by atoms with E-state index in [4.69, 9.17) is 9.47 Å². The average Bonchev–Trinajstić information content (AvgIpc) is 2.66. The minimum absolute atomic E-state index is 0.0147. The first-order chi connectivity index (χ1) is 12.5. The normalized spacial score (nSPS) is 11.7. The van der Waals surface area contributed by atoms with Crippen molar-refractivity contribution in [2.24, 2.45) is 0 Å². The highest BCUT2D eigenvalue weighted by Gasteiger charge is 2.16. The fourth-order valence-corrected chi connectivity index (χ4v) is 2.50. The average molecular weight is 356 g/mol. The van der Waals surface area contributed by atoms with Crippen molar-refractivity contribution in [1.82, 2.24) is 10.2 Å². The van der Waals surface area contributed by atoms with E-state index in [0.29, 0.717) is 17.9 Å². The SMILES string of the molecule is COc1cccc(C(CNC(=O)COc2ccc(C=O)cc2)N(C)C)c1. The maximum Gasteiger partial charge on any atom is 0.258 e. The minimum Gasteiger partial charge on any atom is -0.497 e. The summed E-state index contributed by atoms with van der Waals surface area (Å²) in [7, 11) is 5.55. The molecule has 0 bridgehead atoms. The second kappa shape index (κ2) is 9.58. The number of nitrogens with one attached hydrogen (secondary N) is 1. The first-order valence-electron chi connectivity index (χ1n) is 8.28. The summed E-state index contributed by atoms with van der Waals surface area (Å²) in [5.74, 6) is 1.12. The molecule has 0 aliphatic heterocycles. The molecule has 1 unspecified atom stereocenters. The molecule has 0 aromatic heterocycles. The summed E-state index contributed by atoms with van der Waals surface area (Å²) in [6.07, 6.45) is 0.760. The summed E-state index contributed by atoms with van der Waals surface area (Å²) in [6.45, 7) is 0.366. The smallest absolute Gasteiger partial charge is 0.258 e. The lowest BCUT2D eigenvalue weighted by molar-refractivity contribution is -0.123. The highest BCUT2D eigenvalue weighted by molar-refractivity contribution is 5.77. The van der Waals surface area contributed by atoms with E-state index in [-0.39, 0.29) is 18.6 Å². The molecule has 0 aliphatic carbocycles. The quantitative estimate of drug-likeness (QED) is 0.699. The molecule has 0 saturated heterocycles. The Morgan fingerprint density at radius 2 is 1.88 bits per heavy atom. The Labute approximate surface area is 153 Å². The van der Waals surface area contributed by atoms with E-state index >= 15 is 0 Å². The summed E-state index contributed by atoms with van der Waals surface area (Å²) in [5, 5.41) is 2.89. The number of aldehydes is 1. The van der Waals surface area contributed by atoms with Gasteiger partial charge in [-0.2, -0.15) is 0 Å². The van der Waals surface area contributed by atoms with Crippen LogP contribution in [0.25, 0.3) is 0 Å². The molecule has 2 aromatic rings. The van der Waals surface area contributed by atoms with Crippen LogP contribution in [0.15, 0.2) is 48.5 Å². The van der Waals surface area contributed by atoms with Crippen molar-refractivity contribution >= 4 is 12.2 Å². The first-order valence-corrected chi connectivity index (χ1v) is 8.28. The van der Waals surface area contributed by atoms with Gasteiger partial charge in [0.2, 0.25) is 0 Å². The maximum absolute atomic E-state index is 12.1.